The van der Waals surface area contributed by atoms with Crippen LogP contribution in [0, 0.1) is 0 Å². The fraction of sp³-hybridized carbons (Fsp3) is 0.727. The van der Waals surface area contributed by atoms with E-state index < -0.39 is 0 Å². The number of ketones is 1. The van der Waals surface area contributed by atoms with E-state index in [0.717, 1.165) is 26.1 Å². The molecule has 1 saturated heterocycles. The molecule has 0 aliphatic carbocycles. The highest BCUT2D eigenvalue weighted by atomic mass is 16.1. The van der Waals surface area contributed by atoms with Crippen LogP contribution in [-0.4, -0.2) is 55.4 Å². The lowest BCUT2D eigenvalue weighted by Gasteiger charge is -2.25. The molecule has 1 aliphatic heterocycles. The van der Waals surface area contributed by atoms with Gasteiger partial charge in [-0.15, -0.1) is 6.58 Å². The first-order chi connectivity index (χ1) is 6.65. The number of hydrogen-bond acceptors (Lipinski definition) is 3. The molecule has 14 heavy (non-hydrogen) atoms. The minimum absolute atomic E-state index is 0.0560. The van der Waals surface area contributed by atoms with Crippen molar-refractivity contribution >= 4 is 5.78 Å². The van der Waals surface area contributed by atoms with Crippen LogP contribution in [0.4, 0.5) is 0 Å². The zero-order valence-corrected chi connectivity index (χ0v) is 9.20. The van der Waals surface area contributed by atoms with E-state index in [-0.39, 0.29) is 11.8 Å². The predicted octanol–water partition coefficient (Wildman–Crippen LogP) is 0.768. The van der Waals surface area contributed by atoms with Crippen LogP contribution < -0.4 is 0 Å². The molecule has 1 fully saturated rings. The maximum absolute atomic E-state index is 11.8. The third-order valence-corrected chi connectivity index (χ3v) is 2.78. The van der Waals surface area contributed by atoms with Gasteiger partial charge in [-0.3, -0.25) is 9.69 Å². The van der Waals surface area contributed by atoms with Gasteiger partial charge in [0, 0.05) is 13.0 Å². The van der Waals surface area contributed by atoms with Crippen molar-refractivity contribution in [2.24, 2.45) is 0 Å². The first-order valence-corrected chi connectivity index (χ1v) is 5.17. The van der Waals surface area contributed by atoms with E-state index in [0.29, 0.717) is 6.42 Å². The van der Waals surface area contributed by atoms with E-state index in [1.54, 1.807) is 6.08 Å². The van der Waals surface area contributed by atoms with Gasteiger partial charge in [0.15, 0.2) is 5.78 Å². The Morgan fingerprint density at radius 2 is 2.21 bits per heavy atom. The number of carbonyl (C=O) groups is 1. The van der Waals surface area contributed by atoms with Crippen molar-refractivity contribution in [3.8, 4) is 0 Å². The summed E-state index contributed by atoms with van der Waals surface area (Å²) >= 11 is 0. The highest BCUT2D eigenvalue weighted by Gasteiger charge is 2.25. The van der Waals surface area contributed by atoms with Gasteiger partial charge in [0.25, 0.3) is 0 Å². The third kappa shape index (κ3) is 2.93. The molecule has 0 saturated carbocycles. The second-order valence-electron chi connectivity index (χ2n) is 4.07. The molecule has 1 unspecified atom stereocenters. The molecular formula is C11H20N2O. The molecule has 0 amide bonds. The predicted molar refractivity (Wildman–Crippen MR) is 58.4 cm³/mol. The molecule has 0 spiro atoms. The molecule has 0 N–H and O–H groups in total. The Kier molecular flexibility index (Phi) is 4.29. The van der Waals surface area contributed by atoms with Gasteiger partial charge in [0.1, 0.15) is 0 Å². The number of allylic oxidation sites excluding steroid dienone is 1. The molecule has 1 heterocycles. The molecule has 0 radical (unpaired) electrons. The largest absolute Gasteiger partial charge is 0.304 e. The van der Waals surface area contributed by atoms with Crippen molar-refractivity contribution < 1.29 is 4.79 Å². The first-order valence-electron chi connectivity index (χ1n) is 5.17. The summed E-state index contributed by atoms with van der Waals surface area (Å²) in [6, 6.07) is 0.0560. The van der Waals surface area contributed by atoms with Crippen LogP contribution in [0.15, 0.2) is 12.7 Å². The van der Waals surface area contributed by atoms with Gasteiger partial charge in [0.05, 0.1) is 6.04 Å². The van der Waals surface area contributed by atoms with Crippen LogP contribution in [0.2, 0.25) is 0 Å². The van der Waals surface area contributed by atoms with Crippen molar-refractivity contribution in [1.29, 1.82) is 0 Å². The number of nitrogens with zero attached hydrogens (tertiary/aromatic N) is 2. The summed E-state index contributed by atoms with van der Waals surface area (Å²) in [5.74, 6) is 0.288. The lowest BCUT2D eigenvalue weighted by atomic mass is 10.1. The summed E-state index contributed by atoms with van der Waals surface area (Å²) in [4.78, 5) is 16.2. The van der Waals surface area contributed by atoms with Crippen LogP contribution in [-0.2, 0) is 4.79 Å². The van der Waals surface area contributed by atoms with Gasteiger partial charge in [-0.05, 0) is 33.6 Å². The molecule has 1 rings (SSSR count). The fourth-order valence-electron chi connectivity index (χ4n) is 1.90. The highest BCUT2D eigenvalue weighted by molar-refractivity contribution is 5.85. The quantitative estimate of drug-likeness (QED) is 0.623. The molecule has 0 aromatic carbocycles. The summed E-state index contributed by atoms with van der Waals surface area (Å²) in [6.45, 7) is 6.56. The van der Waals surface area contributed by atoms with Crippen LogP contribution in [0.5, 0.6) is 0 Å². The van der Waals surface area contributed by atoms with Gasteiger partial charge < -0.3 is 4.90 Å². The fourth-order valence-corrected chi connectivity index (χ4v) is 1.90. The van der Waals surface area contributed by atoms with E-state index in [1.807, 2.05) is 7.05 Å². The molecule has 0 aromatic heterocycles. The maximum Gasteiger partial charge on any atom is 0.154 e. The standard InChI is InChI=1S/C11H20N2O/c1-4-6-11(14)10-9-12(2)7-5-8-13(10)3/h4,10H,1,5-9H2,2-3H3. The zero-order chi connectivity index (χ0) is 10.6. The Hall–Kier alpha value is -0.670. The van der Waals surface area contributed by atoms with Gasteiger partial charge in [0.2, 0.25) is 0 Å². The SMILES string of the molecule is C=CCC(=O)C1CN(C)CCCN1C. The number of hydrogen-bond donors (Lipinski definition) is 0. The highest BCUT2D eigenvalue weighted by Crippen LogP contribution is 2.09. The molecule has 3 nitrogen and oxygen atoms in total. The number of likely N-dealkylation sites (N-methyl/N-ethyl adjacent to an activating group) is 2. The van der Waals surface area contributed by atoms with Gasteiger partial charge in [-0.2, -0.15) is 0 Å². The van der Waals surface area contributed by atoms with E-state index in [1.165, 1.54) is 0 Å². The van der Waals surface area contributed by atoms with Gasteiger partial charge >= 0.3 is 0 Å². The lowest BCUT2D eigenvalue weighted by molar-refractivity contribution is -0.123. The molecule has 80 valence electrons. The van der Waals surface area contributed by atoms with E-state index in [2.05, 4.69) is 23.4 Å². The van der Waals surface area contributed by atoms with Crippen molar-refractivity contribution in [3.05, 3.63) is 12.7 Å². The summed E-state index contributed by atoms with van der Waals surface area (Å²) in [5, 5.41) is 0. The van der Waals surface area contributed by atoms with Crippen molar-refractivity contribution in [1.82, 2.24) is 9.80 Å². The van der Waals surface area contributed by atoms with Crippen molar-refractivity contribution in [2.45, 2.75) is 18.9 Å². The second kappa shape index (κ2) is 5.27. The van der Waals surface area contributed by atoms with Crippen molar-refractivity contribution in [2.75, 3.05) is 33.7 Å². The summed E-state index contributed by atoms with van der Waals surface area (Å²) < 4.78 is 0. The summed E-state index contributed by atoms with van der Waals surface area (Å²) in [7, 11) is 4.11. The Bertz CT molecular complexity index is 215. The summed E-state index contributed by atoms with van der Waals surface area (Å²) in [5.41, 5.74) is 0. The Morgan fingerprint density at radius 3 is 2.86 bits per heavy atom. The molecule has 3 heteroatoms. The number of carbonyl (C=O) groups excluding carboxylic acids is 1. The first kappa shape index (κ1) is 11.4. The number of rotatable bonds is 3. The normalized spacial score (nSPS) is 25.7. The van der Waals surface area contributed by atoms with Gasteiger partial charge in [-0.1, -0.05) is 6.08 Å². The average molecular weight is 196 g/mol. The van der Waals surface area contributed by atoms with Gasteiger partial charge in [-0.25, -0.2) is 0 Å². The second-order valence-corrected chi connectivity index (χ2v) is 4.07. The molecular weight excluding hydrogens is 176 g/mol. The monoisotopic (exact) mass is 196 g/mol. The molecule has 0 aromatic rings. The molecule has 1 atom stereocenters. The van der Waals surface area contributed by atoms with Crippen molar-refractivity contribution in [3.63, 3.8) is 0 Å². The third-order valence-electron chi connectivity index (χ3n) is 2.78. The Labute approximate surface area is 86.4 Å². The lowest BCUT2D eigenvalue weighted by Crippen LogP contribution is -2.43. The van der Waals surface area contributed by atoms with Crippen LogP contribution in [0.25, 0.3) is 0 Å². The minimum Gasteiger partial charge on any atom is -0.304 e. The van der Waals surface area contributed by atoms with Crippen LogP contribution in [0.1, 0.15) is 12.8 Å². The van der Waals surface area contributed by atoms with Crippen LogP contribution in [0.3, 0.4) is 0 Å². The number of Topliss-reactive ketones (excluding diaryl/α,β-unsaturated/α-hetero) is 1. The molecule has 1 aliphatic rings. The Morgan fingerprint density at radius 1 is 1.50 bits per heavy atom. The average Bonchev–Trinajstić information content (AvgIpc) is 2.29. The summed E-state index contributed by atoms with van der Waals surface area (Å²) in [6.07, 6.45) is 3.33. The smallest absolute Gasteiger partial charge is 0.154 e. The van der Waals surface area contributed by atoms with E-state index in [9.17, 15) is 4.79 Å². The topological polar surface area (TPSA) is 23.6 Å². The Balaban J connectivity index is 2.61. The van der Waals surface area contributed by atoms with E-state index in [4.69, 9.17) is 0 Å². The van der Waals surface area contributed by atoms with Crippen LogP contribution >= 0.6 is 0 Å². The zero-order valence-electron chi connectivity index (χ0n) is 9.20. The minimum atomic E-state index is 0.0560. The maximum atomic E-state index is 11.8. The molecule has 0 bridgehead atoms. The van der Waals surface area contributed by atoms with E-state index >= 15 is 0 Å².